The van der Waals surface area contributed by atoms with Gasteiger partial charge in [-0.05, 0) is 63.5 Å². The smallest absolute Gasteiger partial charge is 0.330 e. The molecule has 0 spiro atoms. The van der Waals surface area contributed by atoms with E-state index < -0.39 is 6.40 Å². The van der Waals surface area contributed by atoms with Gasteiger partial charge in [0.1, 0.15) is 0 Å². The zero-order valence-electron chi connectivity index (χ0n) is 17.8. The fraction of sp³-hybridized carbons (Fsp3) is 0.500. The van der Waals surface area contributed by atoms with Crippen LogP contribution in [0.5, 0.6) is 0 Å². The standard InChI is InChI=1S/C22H32O2/c1-7-24-21(23)16-18(3)11-8-10-17(2)13-14-20-19(4)12-9-15-22(20,5)6/h8,10-11,13-14,16H,7,9,12,15H2,1-6H3/b11-8+,14-13+,17-10-,18-16+/i9D,12D. The Labute approximate surface area is 150 Å². The molecular formula is C22H32O2. The lowest BCUT2D eigenvalue weighted by Crippen LogP contribution is -2.19. The van der Waals surface area contributed by atoms with Crippen LogP contribution in [-0.2, 0) is 9.53 Å². The summed E-state index contributed by atoms with van der Waals surface area (Å²) in [6, 6.07) is 0. The van der Waals surface area contributed by atoms with Crippen LogP contribution in [0.1, 0.15) is 63.5 Å². The molecule has 2 heteroatoms. The molecule has 2 unspecified atom stereocenters. The van der Waals surface area contributed by atoms with Crippen molar-refractivity contribution in [3.8, 4) is 0 Å². The second-order valence-electron chi connectivity index (χ2n) is 6.83. The first-order valence-corrected chi connectivity index (χ1v) is 8.52. The van der Waals surface area contributed by atoms with Crippen molar-refractivity contribution < 1.29 is 12.3 Å². The number of rotatable bonds is 6. The van der Waals surface area contributed by atoms with E-state index in [0.717, 1.165) is 22.3 Å². The number of carbonyl (C=O) groups is 1. The van der Waals surface area contributed by atoms with E-state index in [1.165, 1.54) is 6.08 Å². The van der Waals surface area contributed by atoms with Crippen molar-refractivity contribution in [2.75, 3.05) is 6.61 Å². The molecule has 0 fully saturated rings. The third kappa shape index (κ3) is 6.74. The molecule has 0 aromatic heterocycles. The number of ether oxygens (including phenoxy) is 1. The van der Waals surface area contributed by atoms with Gasteiger partial charge in [-0.1, -0.05) is 55.4 Å². The van der Waals surface area contributed by atoms with Gasteiger partial charge in [-0.3, -0.25) is 0 Å². The Morgan fingerprint density at radius 2 is 2.00 bits per heavy atom. The van der Waals surface area contributed by atoms with Crippen molar-refractivity contribution in [1.82, 2.24) is 0 Å². The highest BCUT2D eigenvalue weighted by Crippen LogP contribution is 2.40. The zero-order valence-corrected chi connectivity index (χ0v) is 15.8. The molecule has 1 rings (SSSR count). The van der Waals surface area contributed by atoms with E-state index in [4.69, 9.17) is 7.48 Å². The molecule has 0 aromatic rings. The van der Waals surface area contributed by atoms with Crippen LogP contribution in [0.25, 0.3) is 0 Å². The minimum Gasteiger partial charge on any atom is -0.463 e. The second kappa shape index (κ2) is 9.46. The highest BCUT2D eigenvalue weighted by Gasteiger charge is 2.26. The van der Waals surface area contributed by atoms with Gasteiger partial charge in [0.15, 0.2) is 0 Å². The third-order valence-electron chi connectivity index (χ3n) is 4.01. The van der Waals surface area contributed by atoms with Gasteiger partial charge < -0.3 is 4.74 Å². The van der Waals surface area contributed by atoms with Crippen LogP contribution >= 0.6 is 0 Å². The van der Waals surface area contributed by atoms with E-state index in [9.17, 15) is 4.79 Å². The summed E-state index contributed by atoms with van der Waals surface area (Å²) in [7, 11) is 0. The number of hydrogen-bond donors (Lipinski definition) is 0. The zero-order chi connectivity index (χ0) is 19.9. The highest BCUT2D eigenvalue weighted by molar-refractivity contribution is 5.83. The van der Waals surface area contributed by atoms with Gasteiger partial charge in [-0.15, -0.1) is 0 Å². The average molecular weight is 331 g/mol. The predicted octanol–water partition coefficient (Wildman–Crippen LogP) is 6.08. The topological polar surface area (TPSA) is 26.3 Å². The Balaban J connectivity index is 2.86. The molecule has 0 aliphatic heterocycles. The molecule has 0 saturated carbocycles. The molecule has 0 N–H and O–H groups in total. The van der Waals surface area contributed by atoms with Gasteiger partial charge in [0.2, 0.25) is 0 Å². The van der Waals surface area contributed by atoms with Crippen molar-refractivity contribution >= 4 is 5.97 Å². The molecule has 132 valence electrons. The van der Waals surface area contributed by atoms with Gasteiger partial charge >= 0.3 is 5.97 Å². The summed E-state index contributed by atoms with van der Waals surface area (Å²) in [4.78, 5) is 11.4. The van der Waals surface area contributed by atoms with E-state index >= 15 is 0 Å². The second-order valence-corrected chi connectivity index (χ2v) is 6.83. The van der Waals surface area contributed by atoms with Crippen LogP contribution in [0, 0.1) is 5.41 Å². The van der Waals surface area contributed by atoms with E-state index in [1.807, 2.05) is 45.1 Å². The van der Waals surface area contributed by atoms with Crippen LogP contribution in [0.15, 0.2) is 58.7 Å². The molecule has 2 atom stereocenters. The summed E-state index contributed by atoms with van der Waals surface area (Å²) in [5.41, 5.74) is 3.99. The summed E-state index contributed by atoms with van der Waals surface area (Å²) in [6.07, 6.45) is 11.3. The maximum absolute atomic E-state index is 11.4. The molecule has 0 heterocycles. The lowest BCUT2D eigenvalue weighted by molar-refractivity contribution is -0.137. The SMILES string of the molecule is [2H]C1CC(C)(C)C(/C=C/C(C)=C\C=C\C(C)=C\C(=O)OCC)=C(C)C1[2H]. The fourth-order valence-electron chi connectivity index (χ4n) is 2.66. The van der Waals surface area contributed by atoms with Crippen LogP contribution in [0.2, 0.25) is 0 Å². The van der Waals surface area contributed by atoms with Crippen LogP contribution in [0.3, 0.4) is 0 Å². The molecule has 0 radical (unpaired) electrons. The molecule has 0 aromatic carbocycles. The van der Waals surface area contributed by atoms with Crippen LogP contribution in [0.4, 0.5) is 0 Å². The van der Waals surface area contributed by atoms with Crippen molar-refractivity contribution in [1.29, 1.82) is 0 Å². The van der Waals surface area contributed by atoms with E-state index in [0.29, 0.717) is 13.0 Å². The van der Waals surface area contributed by atoms with Crippen molar-refractivity contribution in [3.05, 3.63) is 58.7 Å². The van der Waals surface area contributed by atoms with Crippen molar-refractivity contribution in [3.63, 3.8) is 0 Å². The Bertz CT molecular complexity index is 664. The summed E-state index contributed by atoms with van der Waals surface area (Å²) >= 11 is 0. The first kappa shape index (κ1) is 17.0. The molecular weight excluding hydrogens is 296 g/mol. The largest absolute Gasteiger partial charge is 0.463 e. The van der Waals surface area contributed by atoms with Gasteiger partial charge in [0, 0.05) is 8.82 Å². The highest BCUT2D eigenvalue weighted by atomic mass is 16.5. The average Bonchev–Trinajstić information content (AvgIpc) is 2.52. The third-order valence-corrected chi connectivity index (χ3v) is 4.01. The van der Waals surface area contributed by atoms with Gasteiger partial charge in [0.05, 0.1) is 6.61 Å². The normalized spacial score (nSPS) is 26.8. The van der Waals surface area contributed by atoms with E-state index in [1.54, 1.807) is 6.92 Å². The van der Waals surface area contributed by atoms with E-state index in [-0.39, 0.29) is 17.8 Å². The Kier molecular flexibility index (Phi) is 6.71. The lowest BCUT2D eigenvalue weighted by atomic mass is 9.72. The van der Waals surface area contributed by atoms with Gasteiger partial charge in [-0.25, -0.2) is 4.79 Å². The Morgan fingerprint density at radius 3 is 2.67 bits per heavy atom. The van der Waals surface area contributed by atoms with Gasteiger partial charge in [0.25, 0.3) is 0 Å². The monoisotopic (exact) mass is 330 g/mol. The molecule has 1 aliphatic rings. The predicted molar refractivity (Wildman–Crippen MR) is 103 cm³/mol. The molecule has 0 bridgehead atoms. The number of hydrogen-bond acceptors (Lipinski definition) is 2. The van der Waals surface area contributed by atoms with Crippen LogP contribution in [-0.4, -0.2) is 12.6 Å². The summed E-state index contributed by atoms with van der Waals surface area (Å²) in [6.45, 7) is 12.3. The van der Waals surface area contributed by atoms with Crippen molar-refractivity contribution in [2.45, 2.75) is 60.8 Å². The Hall–Kier alpha value is -1.83. The van der Waals surface area contributed by atoms with Crippen molar-refractivity contribution in [2.24, 2.45) is 5.41 Å². The molecule has 0 saturated heterocycles. The molecule has 2 nitrogen and oxygen atoms in total. The molecule has 24 heavy (non-hydrogen) atoms. The minimum atomic E-state index is -0.442. The quantitative estimate of drug-likeness (QED) is 0.335. The number of allylic oxidation sites excluding steroid dienone is 9. The summed E-state index contributed by atoms with van der Waals surface area (Å²) in [5, 5.41) is 0. The molecule has 1 aliphatic carbocycles. The number of esters is 1. The Morgan fingerprint density at radius 1 is 1.29 bits per heavy atom. The maximum atomic E-state index is 11.4. The number of carbonyl (C=O) groups excluding carboxylic acids is 1. The summed E-state index contributed by atoms with van der Waals surface area (Å²) in [5.74, 6) is -0.324. The first-order valence-electron chi connectivity index (χ1n) is 9.67. The minimum absolute atomic E-state index is 0.0837. The molecule has 0 amide bonds. The lowest BCUT2D eigenvalue weighted by Gasteiger charge is -2.32. The van der Waals surface area contributed by atoms with E-state index in [2.05, 4.69) is 19.9 Å². The van der Waals surface area contributed by atoms with Crippen LogP contribution < -0.4 is 0 Å². The maximum Gasteiger partial charge on any atom is 0.330 e. The van der Waals surface area contributed by atoms with Gasteiger partial charge in [-0.2, -0.15) is 0 Å². The fourth-order valence-corrected chi connectivity index (χ4v) is 2.66. The first-order chi connectivity index (χ1) is 12.1. The summed E-state index contributed by atoms with van der Waals surface area (Å²) < 4.78 is 21.1.